The van der Waals surface area contributed by atoms with Gasteiger partial charge in [-0.2, -0.15) is 0 Å². The Balaban J connectivity index is 2.66. The molecule has 1 rings (SSSR count). The van der Waals surface area contributed by atoms with Crippen molar-refractivity contribution in [3.05, 3.63) is 34.9 Å². The number of benzene rings is 1. The van der Waals surface area contributed by atoms with Gasteiger partial charge in [0.25, 0.3) is 0 Å². The number of hydrogen-bond acceptors (Lipinski definition) is 4. The highest BCUT2D eigenvalue weighted by atomic mass is 35.5. The first kappa shape index (κ1) is 14.6. The molecule has 0 heterocycles. The molecule has 18 heavy (non-hydrogen) atoms. The van der Waals surface area contributed by atoms with Crippen molar-refractivity contribution in [1.82, 2.24) is 5.32 Å². The quantitative estimate of drug-likeness (QED) is 0.643. The van der Waals surface area contributed by atoms with E-state index in [9.17, 15) is 9.59 Å². The van der Waals surface area contributed by atoms with Crippen LogP contribution in [0.3, 0.4) is 0 Å². The Morgan fingerprint density at radius 3 is 2.39 bits per heavy atom. The van der Waals surface area contributed by atoms with Gasteiger partial charge in [0.05, 0.1) is 6.61 Å². The Kier molecular flexibility index (Phi) is 5.77. The maximum absolute atomic E-state index is 11.8. The van der Waals surface area contributed by atoms with Crippen LogP contribution in [0.15, 0.2) is 24.3 Å². The third-order valence-corrected chi connectivity index (χ3v) is 2.61. The first-order chi connectivity index (χ1) is 8.54. The molecule has 0 amide bonds. The normalized spacial score (nSPS) is 12.1. The van der Waals surface area contributed by atoms with Crippen LogP contribution < -0.4 is 5.32 Å². The van der Waals surface area contributed by atoms with Gasteiger partial charge in [0.15, 0.2) is 5.78 Å². The lowest BCUT2D eigenvalue weighted by Gasteiger charge is -2.12. The van der Waals surface area contributed by atoms with Gasteiger partial charge < -0.3 is 15.5 Å². The van der Waals surface area contributed by atoms with Gasteiger partial charge >= 0.3 is 5.97 Å². The number of carbonyl (C=O) groups is 2. The average Bonchev–Trinajstić information content (AvgIpc) is 2.34. The Bertz CT molecular complexity index is 419. The third kappa shape index (κ3) is 4.44. The van der Waals surface area contributed by atoms with Crippen LogP contribution in [0.1, 0.15) is 16.8 Å². The lowest BCUT2D eigenvalue weighted by molar-refractivity contribution is -0.139. The number of carboxylic acids is 1. The summed E-state index contributed by atoms with van der Waals surface area (Å²) in [4.78, 5) is 22.7. The van der Waals surface area contributed by atoms with Gasteiger partial charge in [0, 0.05) is 23.6 Å². The van der Waals surface area contributed by atoms with Crippen LogP contribution in [0, 0.1) is 0 Å². The largest absolute Gasteiger partial charge is 0.480 e. The zero-order valence-corrected chi connectivity index (χ0v) is 10.4. The van der Waals surface area contributed by atoms with Gasteiger partial charge in [-0.1, -0.05) is 11.6 Å². The van der Waals surface area contributed by atoms with Gasteiger partial charge in [-0.15, -0.1) is 0 Å². The number of hydrogen-bond donors (Lipinski definition) is 3. The Labute approximate surface area is 109 Å². The van der Waals surface area contributed by atoms with Gasteiger partial charge in [0.1, 0.15) is 6.04 Å². The summed E-state index contributed by atoms with van der Waals surface area (Å²) in [6.45, 7) is -0.0518. The molecule has 98 valence electrons. The number of halogens is 1. The van der Waals surface area contributed by atoms with Crippen LogP contribution >= 0.6 is 11.6 Å². The highest BCUT2D eigenvalue weighted by molar-refractivity contribution is 6.30. The minimum absolute atomic E-state index is 0.130. The van der Waals surface area contributed by atoms with Crippen molar-refractivity contribution in [3.8, 4) is 0 Å². The summed E-state index contributed by atoms with van der Waals surface area (Å²) in [7, 11) is 0. The molecule has 0 spiro atoms. The minimum Gasteiger partial charge on any atom is -0.480 e. The SMILES string of the molecule is O=C(CC(NCCO)C(=O)O)c1ccc(Cl)cc1. The van der Waals surface area contributed by atoms with E-state index in [1.165, 1.54) is 0 Å². The van der Waals surface area contributed by atoms with E-state index < -0.39 is 12.0 Å². The first-order valence-corrected chi connectivity index (χ1v) is 5.78. The predicted octanol–water partition coefficient (Wildman–Crippen LogP) is 0.948. The van der Waals surface area contributed by atoms with Crippen molar-refractivity contribution in [2.75, 3.05) is 13.2 Å². The summed E-state index contributed by atoms with van der Waals surface area (Å²) in [6, 6.07) is 5.25. The lowest BCUT2D eigenvalue weighted by Crippen LogP contribution is -2.39. The van der Waals surface area contributed by atoms with Crippen LogP contribution in [0.5, 0.6) is 0 Å². The standard InChI is InChI=1S/C12H14ClNO4/c13-9-3-1-8(2-4-9)11(16)7-10(12(17)18)14-5-6-15/h1-4,10,14-15H,5-7H2,(H,17,18). The highest BCUT2D eigenvalue weighted by Crippen LogP contribution is 2.12. The number of ketones is 1. The molecule has 3 N–H and O–H groups in total. The zero-order valence-electron chi connectivity index (χ0n) is 9.60. The predicted molar refractivity (Wildman–Crippen MR) is 66.9 cm³/mol. The number of rotatable bonds is 7. The maximum atomic E-state index is 11.8. The van der Waals surface area contributed by atoms with E-state index in [1.54, 1.807) is 24.3 Å². The van der Waals surface area contributed by atoms with Gasteiger partial charge in [-0.3, -0.25) is 9.59 Å². The molecule has 0 radical (unpaired) electrons. The van der Waals surface area contributed by atoms with Crippen LogP contribution in [-0.4, -0.2) is 41.2 Å². The number of aliphatic carboxylic acids is 1. The van der Waals surface area contributed by atoms with E-state index in [0.29, 0.717) is 10.6 Å². The molecular weight excluding hydrogens is 258 g/mol. The van der Waals surface area contributed by atoms with Gasteiger partial charge in [-0.05, 0) is 24.3 Å². The molecule has 0 aliphatic heterocycles. The summed E-state index contributed by atoms with van der Waals surface area (Å²) in [5.41, 5.74) is 0.413. The monoisotopic (exact) mass is 271 g/mol. The van der Waals surface area contributed by atoms with Crippen molar-refractivity contribution < 1.29 is 19.8 Å². The molecule has 0 bridgehead atoms. The van der Waals surface area contributed by atoms with Crippen LogP contribution in [-0.2, 0) is 4.79 Å². The molecule has 0 aliphatic carbocycles. The van der Waals surface area contributed by atoms with Crippen LogP contribution in [0.2, 0.25) is 5.02 Å². The Morgan fingerprint density at radius 1 is 1.28 bits per heavy atom. The van der Waals surface area contributed by atoms with Crippen molar-refractivity contribution in [3.63, 3.8) is 0 Å². The van der Waals surface area contributed by atoms with Gasteiger partial charge in [-0.25, -0.2) is 0 Å². The molecule has 1 aromatic carbocycles. The summed E-state index contributed by atoms with van der Waals surface area (Å²) in [6.07, 6.45) is -0.170. The van der Waals surface area contributed by atoms with Crippen LogP contribution in [0.4, 0.5) is 0 Å². The van der Waals surface area contributed by atoms with Crippen molar-refractivity contribution in [2.24, 2.45) is 0 Å². The second-order valence-electron chi connectivity index (χ2n) is 3.70. The van der Waals surface area contributed by atoms with E-state index in [1.807, 2.05) is 0 Å². The Hall–Kier alpha value is -1.43. The molecule has 0 saturated carbocycles. The number of carbonyl (C=O) groups excluding carboxylic acids is 1. The molecular formula is C12H14ClNO4. The number of aliphatic hydroxyl groups is 1. The number of aliphatic hydroxyl groups excluding tert-OH is 1. The molecule has 1 aromatic rings. The van der Waals surface area contributed by atoms with E-state index in [4.69, 9.17) is 21.8 Å². The summed E-state index contributed by atoms with van der Waals surface area (Å²) < 4.78 is 0. The summed E-state index contributed by atoms with van der Waals surface area (Å²) in [5, 5.41) is 20.6. The molecule has 6 heteroatoms. The molecule has 5 nitrogen and oxygen atoms in total. The highest BCUT2D eigenvalue weighted by Gasteiger charge is 2.21. The second kappa shape index (κ2) is 7.10. The fraction of sp³-hybridized carbons (Fsp3) is 0.333. The summed E-state index contributed by atoms with van der Waals surface area (Å²) in [5.74, 6) is -1.41. The minimum atomic E-state index is -1.12. The smallest absolute Gasteiger partial charge is 0.321 e. The molecule has 0 fully saturated rings. The van der Waals surface area contributed by atoms with E-state index in [2.05, 4.69) is 5.32 Å². The number of carboxylic acid groups (broad SMARTS) is 1. The fourth-order valence-electron chi connectivity index (χ4n) is 1.42. The number of Topliss-reactive ketones (excluding diaryl/α,β-unsaturated/α-hetero) is 1. The second-order valence-corrected chi connectivity index (χ2v) is 4.14. The molecule has 0 aromatic heterocycles. The Morgan fingerprint density at radius 2 is 1.89 bits per heavy atom. The molecule has 0 aliphatic rings. The van der Waals surface area contributed by atoms with E-state index >= 15 is 0 Å². The van der Waals surface area contributed by atoms with E-state index in [0.717, 1.165) is 0 Å². The topological polar surface area (TPSA) is 86.6 Å². The van der Waals surface area contributed by atoms with Gasteiger partial charge in [0.2, 0.25) is 0 Å². The summed E-state index contributed by atoms with van der Waals surface area (Å²) >= 11 is 5.70. The number of nitrogens with one attached hydrogen (secondary N) is 1. The van der Waals surface area contributed by atoms with E-state index in [-0.39, 0.29) is 25.4 Å². The van der Waals surface area contributed by atoms with Crippen molar-refractivity contribution >= 4 is 23.4 Å². The maximum Gasteiger partial charge on any atom is 0.321 e. The molecule has 1 atom stereocenters. The zero-order chi connectivity index (χ0) is 13.5. The molecule has 0 saturated heterocycles. The lowest BCUT2D eigenvalue weighted by atomic mass is 10.0. The van der Waals surface area contributed by atoms with Crippen LogP contribution in [0.25, 0.3) is 0 Å². The third-order valence-electron chi connectivity index (χ3n) is 2.36. The fourth-order valence-corrected chi connectivity index (χ4v) is 1.55. The molecule has 1 unspecified atom stereocenters. The van der Waals surface area contributed by atoms with Crippen molar-refractivity contribution in [2.45, 2.75) is 12.5 Å². The average molecular weight is 272 g/mol. The first-order valence-electron chi connectivity index (χ1n) is 5.40. The van der Waals surface area contributed by atoms with Crippen molar-refractivity contribution in [1.29, 1.82) is 0 Å².